The van der Waals surface area contributed by atoms with Crippen molar-refractivity contribution in [2.75, 3.05) is 6.61 Å². The van der Waals surface area contributed by atoms with E-state index in [1.807, 2.05) is 48.9 Å². The Kier molecular flexibility index (Phi) is 7.90. The number of carbonyl (C=O) groups excluding carboxylic acids is 1. The standard InChI is InChI=1S/C27H27N3O6S/c1-3-34-29-25(18-30-17-21(16-27(31)35-28)24-9-4-5-10-26(24)30)20-7-6-8-22(15-20)36-37(32,33)23-13-11-19(2)12-14-23/h4-15,17H,3,16,18,28H2,1-2H3/b29-25+. The molecule has 0 saturated heterocycles. The summed E-state index contributed by atoms with van der Waals surface area (Å²) >= 11 is 0. The number of oxime groups is 1. The van der Waals surface area contributed by atoms with E-state index in [4.69, 9.17) is 14.9 Å². The second kappa shape index (κ2) is 11.3. The van der Waals surface area contributed by atoms with Gasteiger partial charge in [0.05, 0.1) is 13.0 Å². The monoisotopic (exact) mass is 521 g/mol. The Morgan fingerprint density at radius 2 is 1.78 bits per heavy atom. The van der Waals surface area contributed by atoms with Gasteiger partial charge in [-0.2, -0.15) is 14.3 Å². The fourth-order valence-corrected chi connectivity index (χ4v) is 4.80. The van der Waals surface area contributed by atoms with Crippen LogP contribution in [0.4, 0.5) is 0 Å². The summed E-state index contributed by atoms with van der Waals surface area (Å²) in [6.07, 6.45) is 1.85. The summed E-state index contributed by atoms with van der Waals surface area (Å²) < 4.78 is 32.9. The topological polar surface area (TPSA) is 122 Å². The molecule has 9 nitrogen and oxygen atoms in total. The Bertz CT molecular complexity index is 1540. The van der Waals surface area contributed by atoms with Crippen molar-refractivity contribution in [3.63, 3.8) is 0 Å². The molecule has 3 aromatic carbocycles. The highest BCUT2D eigenvalue weighted by atomic mass is 32.2. The van der Waals surface area contributed by atoms with Gasteiger partial charge < -0.3 is 18.4 Å². The largest absolute Gasteiger partial charge is 0.396 e. The van der Waals surface area contributed by atoms with Crippen molar-refractivity contribution in [2.45, 2.75) is 31.7 Å². The second-order valence-corrected chi connectivity index (χ2v) is 9.85. The molecule has 0 amide bonds. The number of para-hydroxylation sites is 1. The number of hydrogen-bond donors (Lipinski definition) is 1. The lowest BCUT2D eigenvalue weighted by molar-refractivity contribution is -0.143. The van der Waals surface area contributed by atoms with Crippen molar-refractivity contribution in [3.05, 3.63) is 95.7 Å². The molecule has 0 fully saturated rings. The number of nitrogens with zero attached hydrogens (tertiary/aromatic N) is 2. The van der Waals surface area contributed by atoms with Crippen LogP contribution >= 0.6 is 0 Å². The van der Waals surface area contributed by atoms with Gasteiger partial charge in [0.25, 0.3) is 0 Å². The predicted molar refractivity (Wildman–Crippen MR) is 140 cm³/mol. The first-order valence-electron chi connectivity index (χ1n) is 11.6. The van der Waals surface area contributed by atoms with Gasteiger partial charge in [0, 0.05) is 22.7 Å². The molecule has 0 aliphatic heterocycles. The average molecular weight is 522 g/mol. The van der Waals surface area contributed by atoms with Crippen LogP contribution in [-0.4, -0.2) is 31.3 Å². The van der Waals surface area contributed by atoms with Crippen LogP contribution in [0.25, 0.3) is 10.9 Å². The normalized spacial score (nSPS) is 11.9. The first kappa shape index (κ1) is 25.9. The Balaban J connectivity index is 1.66. The predicted octanol–water partition coefficient (Wildman–Crippen LogP) is 4.12. The molecule has 4 rings (SSSR count). The molecule has 0 radical (unpaired) electrons. The Morgan fingerprint density at radius 1 is 1.03 bits per heavy atom. The SMILES string of the molecule is CCO/N=C(\Cn1cc(CC(=O)ON)c2ccccc21)c1cccc(OS(=O)(=O)c2ccc(C)cc2)c1. The van der Waals surface area contributed by atoms with Crippen LogP contribution in [0, 0.1) is 6.92 Å². The first-order chi connectivity index (χ1) is 17.8. The quantitative estimate of drug-likeness (QED) is 0.189. The molecule has 2 N–H and O–H groups in total. The van der Waals surface area contributed by atoms with Crippen LogP contribution in [0.2, 0.25) is 0 Å². The lowest BCUT2D eigenvalue weighted by Crippen LogP contribution is -2.14. The van der Waals surface area contributed by atoms with Crippen molar-refractivity contribution in [2.24, 2.45) is 11.1 Å². The Hall–Kier alpha value is -4.15. The Morgan fingerprint density at radius 3 is 2.51 bits per heavy atom. The maximum absolute atomic E-state index is 12.8. The summed E-state index contributed by atoms with van der Waals surface area (Å²) in [7, 11) is -4.02. The second-order valence-electron chi connectivity index (χ2n) is 8.30. The highest BCUT2D eigenvalue weighted by Crippen LogP contribution is 2.25. The van der Waals surface area contributed by atoms with E-state index >= 15 is 0 Å². The number of fused-ring (bicyclic) bond motifs is 1. The van der Waals surface area contributed by atoms with Gasteiger partial charge >= 0.3 is 16.1 Å². The van der Waals surface area contributed by atoms with Crippen molar-refractivity contribution < 1.29 is 27.1 Å². The zero-order valence-corrected chi connectivity index (χ0v) is 21.3. The van der Waals surface area contributed by atoms with Crippen LogP contribution in [0.3, 0.4) is 0 Å². The van der Waals surface area contributed by atoms with E-state index in [0.717, 1.165) is 22.0 Å². The van der Waals surface area contributed by atoms with Gasteiger partial charge in [0.15, 0.2) is 0 Å². The first-order valence-corrected chi connectivity index (χ1v) is 13.0. The lowest BCUT2D eigenvalue weighted by Gasteiger charge is -2.12. The lowest BCUT2D eigenvalue weighted by atomic mass is 10.1. The number of rotatable bonds is 10. The van der Waals surface area contributed by atoms with Gasteiger partial charge in [-0.05, 0) is 49.7 Å². The zero-order valence-electron chi connectivity index (χ0n) is 20.5. The summed E-state index contributed by atoms with van der Waals surface area (Å²) in [4.78, 5) is 21.6. The minimum Gasteiger partial charge on any atom is -0.396 e. The summed E-state index contributed by atoms with van der Waals surface area (Å²) in [6, 6.07) is 20.7. The molecule has 1 heterocycles. The third kappa shape index (κ3) is 6.16. The van der Waals surface area contributed by atoms with E-state index in [1.54, 1.807) is 36.4 Å². The van der Waals surface area contributed by atoms with Crippen LogP contribution in [0.5, 0.6) is 5.75 Å². The number of aryl methyl sites for hydroxylation is 1. The number of benzene rings is 3. The van der Waals surface area contributed by atoms with Gasteiger partial charge in [-0.3, -0.25) is 4.79 Å². The number of aromatic nitrogens is 1. The van der Waals surface area contributed by atoms with E-state index in [2.05, 4.69) is 9.99 Å². The molecule has 0 atom stereocenters. The fourth-order valence-electron chi connectivity index (χ4n) is 3.88. The maximum Gasteiger partial charge on any atom is 0.339 e. The van der Waals surface area contributed by atoms with Gasteiger partial charge in [-0.1, -0.05) is 53.2 Å². The van der Waals surface area contributed by atoms with Gasteiger partial charge in [-0.25, -0.2) is 0 Å². The van der Waals surface area contributed by atoms with E-state index in [-0.39, 0.29) is 23.6 Å². The molecule has 4 aromatic rings. The zero-order chi connectivity index (χ0) is 26.4. The van der Waals surface area contributed by atoms with E-state index in [0.29, 0.717) is 17.9 Å². The van der Waals surface area contributed by atoms with Gasteiger partial charge in [-0.15, -0.1) is 0 Å². The molecule has 0 aliphatic carbocycles. The molecular formula is C27H27N3O6S. The van der Waals surface area contributed by atoms with Crippen LogP contribution in [0.1, 0.15) is 23.6 Å². The number of carbonyl (C=O) groups is 1. The number of nitrogens with two attached hydrogens (primary N) is 1. The number of hydrogen-bond acceptors (Lipinski definition) is 8. The minimum atomic E-state index is -4.02. The summed E-state index contributed by atoms with van der Waals surface area (Å²) in [5, 5.41) is 5.17. The summed E-state index contributed by atoms with van der Waals surface area (Å²) in [5.74, 6) is 4.63. The molecular weight excluding hydrogens is 494 g/mol. The summed E-state index contributed by atoms with van der Waals surface area (Å²) in [6.45, 7) is 4.32. The molecule has 0 saturated carbocycles. The van der Waals surface area contributed by atoms with Crippen molar-refractivity contribution >= 4 is 32.7 Å². The minimum absolute atomic E-state index is 0.0160. The molecule has 1 aromatic heterocycles. The third-order valence-corrected chi connectivity index (χ3v) is 6.91. The molecule has 10 heteroatoms. The molecule has 37 heavy (non-hydrogen) atoms. The third-order valence-electron chi connectivity index (χ3n) is 5.64. The molecule has 0 bridgehead atoms. The highest BCUT2D eigenvalue weighted by Gasteiger charge is 2.18. The highest BCUT2D eigenvalue weighted by molar-refractivity contribution is 7.87. The van der Waals surface area contributed by atoms with Crippen molar-refractivity contribution in [1.29, 1.82) is 0 Å². The van der Waals surface area contributed by atoms with E-state index < -0.39 is 16.1 Å². The Labute approximate surface area is 215 Å². The van der Waals surface area contributed by atoms with Crippen LogP contribution in [0.15, 0.2) is 89.0 Å². The fraction of sp³-hybridized carbons (Fsp3) is 0.185. The van der Waals surface area contributed by atoms with E-state index in [1.165, 1.54) is 12.1 Å². The summed E-state index contributed by atoms with van der Waals surface area (Å²) in [5.41, 5.74) is 3.72. The van der Waals surface area contributed by atoms with Crippen LogP contribution in [-0.2, 0) is 37.6 Å². The van der Waals surface area contributed by atoms with Crippen molar-refractivity contribution in [1.82, 2.24) is 4.57 Å². The molecule has 0 spiro atoms. The maximum atomic E-state index is 12.8. The average Bonchev–Trinajstić information content (AvgIpc) is 3.23. The van der Waals surface area contributed by atoms with Gasteiger partial charge in [0.1, 0.15) is 23.0 Å². The molecule has 0 aliphatic rings. The van der Waals surface area contributed by atoms with E-state index in [9.17, 15) is 13.2 Å². The smallest absolute Gasteiger partial charge is 0.339 e. The van der Waals surface area contributed by atoms with Gasteiger partial charge in [0.2, 0.25) is 0 Å². The molecule has 0 unspecified atom stereocenters. The van der Waals surface area contributed by atoms with Crippen LogP contribution < -0.4 is 10.1 Å². The molecule has 192 valence electrons. The van der Waals surface area contributed by atoms with Crippen molar-refractivity contribution in [3.8, 4) is 5.75 Å².